The fourth-order valence-corrected chi connectivity index (χ4v) is 13.3. The van der Waals surface area contributed by atoms with Crippen LogP contribution in [0.4, 0.5) is 0 Å². The zero-order chi connectivity index (χ0) is 23.2. The molecule has 0 heterocycles. The predicted molar refractivity (Wildman–Crippen MR) is 141 cm³/mol. The van der Waals surface area contributed by atoms with E-state index >= 15 is 0 Å². The van der Waals surface area contributed by atoms with E-state index in [4.69, 9.17) is 8.85 Å². The molecule has 0 spiro atoms. The van der Waals surface area contributed by atoms with Gasteiger partial charge in [-0.05, 0) is 63.8 Å². The Morgan fingerprint density at radius 1 is 0.645 bits per heavy atom. The lowest BCUT2D eigenvalue weighted by Gasteiger charge is -2.48. The highest BCUT2D eigenvalue weighted by Gasteiger charge is 2.44. The summed E-state index contributed by atoms with van der Waals surface area (Å²) in [4.78, 5) is 0. The molecule has 0 amide bonds. The van der Waals surface area contributed by atoms with E-state index in [-0.39, 0.29) is 0 Å². The Bertz CT molecular complexity index is 548. The van der Waals surface area contributed by atoms with Gasteiger partial charge in [0, 0.05) is 13.2 Å². The standard InChI is InChI=1S/C25H50N2O2Si2/c1-8-26(9-2)31(27(10-3)11-4,25-21-17-16-18-22-25)24-20-15-14-19-23-30(7,28-12-5)29-13-6/h16-18,21-22H,8-15,19-20,23-24H2,1-7H3. The van der Waals surface area contributed by atoms with E-state index in [0.717, 1.165) is 45.4 Å². The monoisotopic (exact) mass is 466 g/mol. The molecule has 0 aliphatic heterocycles. The third-order valence-corrected chi connectivity index (χ3v) is 15.3. The number of hydrogen-bond acceptors (Lipinski definition) is 4. The van der Waals surface area contributed by atoms with E-state index in [0.29, 0.717) is 0 Å². The minimum absolute atomic E-state index is 0.766. The van der Waals surface area contributed by atoms with Crippen LogP contribution in [0.3, 0.4) is 0 Å². The molecule has 0 radical (unpaired) electrons. The quantitative estimate of drug-likeness (QED) is 0.204. The molecule has 6 heteroatoms. The molecule has 0 saturated carbocycles. The first-order valence-electron chi connectivity index (χ1n) is 12.8. The van der Waals surface area contributed by atoms with Crippen molar-refractivity contribution in [3.8, 4) is 0 Å². The molecule has 0 N–H and O–H groups in total. The molecule has 4 nitrogen and oxygen atoms in total. The molecule has 0 unspecified atom stereocenters. The molecule has 0 aliphatic rings. The second-order valence-electron chi connectivity index (χ2n) is 8.44. The van der Waals surface area contributed by atoms with E-state index in [1.54, 1.807) is 5.19 Å². The summed E-state index contributed by atoms with van der Waals surface area (Å²) in [6.07, 6.45) is 5.10. The minimum atomic E-state index is -1.97. The average Bonchev–Trinajstić information content (AvgIpc) is 2.78. The topological polar surface area (TPSA) is 24.9 Å². The Hall–Kier alpha value is -0.506. The van der Waals surface area contributed by atoms with Crippen molar-refractivity contribution in [3.63, 3.8) is 0 Å². The molecule has 180 valence electrons. The van der Waals surface area contributed by atoms with Crippen LogP contribution in [0.25, 0.3) is 0 Å². The number of rotatable bonds is 18. The first-order valence-corrected chi connectivity index (χ1v) is 17.4. The van der Waals surface area contributed by atoms with Gasteiger partial charge in [0.1, 0.15) is 0 Å². The van der Waals surface area contributed by atoms with E-state index < -0.39 is 17.0 Å². The molecular weight excluding hydrogens is 416 g/mol. The zero-order valence-corrected chi connectivity index (χ0v) is 23.6. The van der Waals surface area contributed by atoms with E-state index in [2.05, 4.69) is 87.6 Å². The number of hydrogen-bond donors (Lipinski definition) is 0. The highest BCUT2D eigenvalue weighted by Crippen LogP contribution is 2.25. The molecule has 0 aromatic heterocycles. The van der Waals surface area contributed by atoms with Crippen LogP contribution in [-0.4, -0.2) is 65.5 Å². The van der Waals surface area contributed by atoms with Crippen LogP contribution in [0, 0.1) is 0 Å². The zero-order valence-electron chi connectivity index (χ0n) is 21.6. The van der Waals surface area contributed by atoms with Crippen molar-refractivity contribution in [3.05, 3.63) is 30.3 Å². The van der Waals surface area contributed by atoms with Gasteiger partial charge in [-0.1, -0.05) is 83.7 Å². The van der Waals surface area contributed by atoms with E-state index in [1.165, 1.54) is 31.7 Å². The first-order chi connectivity index (χ1) is 15.0. The molecule has 0 aliphatic carbocycles. The van der Waals surface area contributed by atoms with Crippen LogP contribution in [0.2, 0.25) is 18.6 Å². The van der Waals surface area contributed by atoms with Crippen LogP contribution < -0.4 is 5.19 Å². The third-order valence-electron chi connectivity index (χ3n) is 6.61. The highest BCUT2D eigenvalue weighted by atomic mass is 28.4. The second-order valence-corrected chi connectivity index (χ2v) is 15.8. The summed E-state index contributed by atoms with van der Waals surface area (Å²) in [6.45, 7) is 21.8. The van der Waals surface area contributed by atoms with Gasteiger partial charge in [0.25, 0.3) is 0 Å². The van der Waals surface area contributed by atoms with Gasteiger partial charge in [0.05, 0.1) is 0 Å². The van der Waals surface area contributed by atoms with Gasteiger partial charge < -0.3 is 18.0 Å². The Kier molecular flexibility index (Phi) is 14.1. The minimum Gasteiger partial charge on any atom is -0.395 e. The summed E-state index contributed by atoms with van der Waals surface area (Å²) in [5.41, 5.74) is 0. The normalized spacial score (nSPS) is 12.8. The van der Waals surface area contributed by atoms with Crippen molar-refractivity contribution < 1.29 is 8.85 Å². The summed E-state index contributed by atoms with van der Waals surface area (Å²) in [5, 5.41) is 1.58. The van der Waals surface area contributed by atoms with Gasteiger partial charge in [0.2, 0.25) is 8.40 Å². The van der Waals surface area contributed by atoms with Crippen molar-refractivity contribution >= 4 is 22.1 Å². The largest absolute Gasteiger partial charge is 0.395 e. The first kappa shape index (κ1) is 28.5. The Morgan fingerprint density at radius 3 is 1.52 bits per heavy atom. The van der Waals surface area contributed by atoms with Crippen LogP contribution in [-0.2, 0) is 8.85 Å². The SMILES string of the molecule is CCO[Si](C)(CCCCCC[Si](c1ccccc1)(N(CC)CC)N(CC)CC)OCC. The average molecular weight is 467 g/mol. The van der Waals surface area contributed by atoms with Crippen LogP contribution in [0.15, 0.2) is 30.3 Å². The van der Waals surface area contributed by atoms with Crippen molar-refractivity contribution in [1.29, 1.82) is 0 Å². The van der Waals surface area contributed by atoms with Gasteiger partial charge >= 0.3 is 8.56 Å². The lowest BCUT2D eigenvalue weighted by Crippen LogP contribution is -2.72. The summed E-state index contributed by atoms with van der Waals surface area (Å²) >= 11 is 0. The molecule has 0 fully saturated rings. The number of benzene rings is 1. The summed E-state index contributed by atoms with van der Waals surface area (Å²) in [5.74, 6) is 0. The van der Waals surface area contributed by atoms with E-state index in [9.17, 15) is 0 Å². The second kappa shape index (κ2) is 15.4. The Labute approximate surface area is 195 Å². The van der Waals surface area contributed by atoms with Gasteiger partial charge in [0.15, 0.2) is 0 Å². The van der Waals surface area contributed by atoms with Gasteiger partial charge in [-0.3, -0.25) is 0 Å². The third kappa shape index (κ3) is 8.09. The predicted octanol–water partition coefficient (Wildman–Crippen LogP) is 5.72. The van der Waals surface area contributed by atoms with Gasteiger partial charge in [-0.25, -0.2) is 0 Å². The molecular formula is C25H50N2O2Si2. The molecule has 0 bridgehead atoms. The maximum absolute atomic E-state index is 6.02. The fraction of sp³-hybridized carbons (Fsp3) is 0.760. The van der Waals surface area contributed by atoms with Crippen molar-refractivity contribution in [1.82, 2.24) is 9.13 Å². The molecule has 1 aromatic rings. The molecule has 31 heavy (non-hydrogen) atoms. The Morgan fingerprint density at radius 2 is 1.10 bits per heavy atom. The van der Waals surface area contributed by atoms with Crippen LogP contribution in [0.5, 0.6) is 0 Å². The highest BCUT2D eigenvalue weighted by molar-refractivity contribution is 6.87. The molecule has 1 rings (SSSR count). The van der Waals surface area contributed by atoms with Crippen molar-refractivity contribution in [2.75, 3.05) is 39.4 Å². The van der Waals surface area contributed by atoms with Crippen LogP contribution in [0.1, 0.15) is 67.2 Å². The summed E-state index contributed by atoms with van der Waals surface area (Å²) in [6, 6.07) is 13.8. The Balaban J connectivity index is 2.87. The smallest absolute Gasteiger partial charge is 0.334 e. The maximum Gasteiger partial charge on any atom is 0.334 e. The van der Waals surface area contributed by atoms with Crippen molar-refractivity contribution in [2.45, 2.75) is 85.9 Å². The molecule has 1 aromatic carbocycles. The number of nitrogens with zero attached hydrogens (tertiary/aromatic N) is 2. The fourth-order valence-electron chi connectivity index (χ4n) is 5.19. The molecule has 0 saturated heterocycles. The van der Waals surface area contributed by atoms with Crippen molar-refractivity contribution in [2.24, 2.45) is 0 Å². The summed E-state index contributed by atoms with van der Waals surface area (Å²) in [7, 11) is -3.89. The number of unbranched alkanes of at least 4 members (excludes halogenated alkanes) is 3. The van der Waals surface area contributed by atoms with Gasteiger partial charge in [-0.2, -0.15) is 0 Å². The molecule has 0 atom stereocenters. The van der Waals surface area contributed by atoms with Gasteiger partial charge in [-0.15, -0.1) is 0 Å². The van der Waals surface area contributed by atoms with E-state index in [1.807, 2.05) is 0 Å². The summed E-state index contributed by atoms with van der Waals surface area (Å²) < 4.78 is 17.7. The lowest BCUT2D eigenvalue weighted by atomic mass is 10.2. The lowest BCUT2D eigenvalue weighted by molar-refractivity contribution is 0.188. The van der Waals surface area contributed by atoms with Crippen LogP contribution >= 0.6 is 0 Å². The maximum atomic E-state index is 6.02.